The molecule has 0 aromatic heterocycles. The van der Waals surface area contributed by atoms with Gasteiger partial charge in [-0.3, -0.25) is 4.90 Å². The molecule has 1 aliphatic heterocycles. The molecule has 5 nitrogen and oxygen atoms in total. The quantitative estimate of drug-likeness (QED) is 0.813. The van der Waals surface area contributed by atoms with Crippen LogP contribution in [0.3, 0.4) is 0 Å². The molecule has 1 aliphatic rings. The number of hydrogen-bond acceptors (Lipinski definition) is 4. The summed E-state index contributed by atoms with van der Waals surface area (Å²) < 4.78 is -0.0609. The van der Waals surface area contributed by atoms with Crippen LogP contribution in [0.15, 0.2) is 0 Å². The summed E-state index contributed by atoms with van der Waals surface area (Å²) in [7, 11) is 0. The van der Waals surface area contributed by atoms with Crippen LogP contribution in [0.2, 0.25) is 0 Å². The number of hydrogen-bond donors (Lipinski definition) is 2. The Labute approximate surface area is 129 Å². The molecule has 2 amide bonds. The van der Waals surface area contributed by atoms with Crippen molar-refractivity contribution in [2.24, 2.45) is 5.92 Å². The van der Waals surface area contributed by atoms with Crippen LogP contribution in [-0.4, -0.2) is 56.7 Å². The van der Waals surface area contributed by atoms with Crippen molar-refractivity contribution in [3.63, 3.8) is 0 Å². The fourth-order valence-corrected chi connectivity index (χ4v) is 3.63. The summed E-state index contributed by atoms with van der Waals surface area (Å²) in [6.07, 6.45) is 1.99. The number of thioether (sulfide) groups is 2. The second kappa shape index (κ2) is 6.93. The number of nitrogens with zero attached hydrogens (tertiary/aromatic N) is 1. The highest BCUT2D eigenvalue weighted by Gasteiger charge is 2.43. The van der Waals surface area contributed by atoms with Crippen molar-refractivity contribution < 1.29 is 14.7 Å². The molecule has 116 valence electrons. The first-order valence-electron chi connectivity index (χ1n) is 6.65. The summed E-state index contributed by atoms with van der Waals surface area (Å²) in [5, 5.41) is 12.1. The highest BCUT2D eigenvalue weighted by Crippen LogP contribution is 2.34. The molecule has 0 aliphatic carbocycles. The van der Waals surface area contributed by atoms with Crippen molar-refractivity contribution in [3.8, 4) is 0 Å². The standard InChI is InChI=1S/C13H24N2O3S2/c1-8(2)10-15(9(6-20-10)11(16)17)12(18)14-7-13(3,4)19-5/h8-10H,6-7H2,1-5H3,(H,14,18)(H,16,17). The van der Waals surface area contributed by atoms with Crippen LogP contribution in [0.1, 0.15) is 27.7 Å². The first kappa shape index (κ1) is 17.5. The van der Waals surface area contributed by atoms with Crippen LogP contribution in [0.4, 0.5) is 4.79 Å². The number of aliphatic carboxylic acids is 1. The molecule has 7 heteroatoms. The lowest BCUT2D eigenvalue weighted by atomic mass is 10.1. The Morgan fingerprint density at radius 1 is 1.50 bits per heavy atom. The van der Waals surface area contributed by atoms with E-state index in [2.05, 4.69) is 5.32 Å². The average molecular weight is 320 g/mol. The van der Waals surface area contributed by atoms with E-state index in [1.54, 1.807) is 23.5 Å². The van der Waals surface area contributed by atoms with E-state index in [1.165, 1.54) is 4.90 Å². The Balaban J connectivity index is 2.77. The normalized spacial score (nSPS) is 23.2. The first-order valence-corrected chi connectivity index (χ1v) is 8.92. The van der Waals surface area contributed by atoms with E-state index < -0.39 is 12.0 Å². The summed E-state index contributed by atoms with van der Waals surface area (Å²) >= 11 is 3.21. The van der Waals surface area contributed by atoms with Crippen molar-refractivity contribution in [2.75, 3.05) is 18.6 Å². The summed E-state index contributed by atoms with van der Waals surface area (Å²) in [4.78, 5) is 25.2. The van der Waals surface area contributed by atoms with Gasteiger partial charge in [0.2, 0.25) is 0 Å². The number of carbonyl (C=O) groups is 2. The third-order valence-electron chi connectivity index (χ3n) is 3.34. The molecule has 0 saturated carbocycles. The minimum atomic E-state index is -0.931. The number of amides is 2. The molecule has 2 atom stereocenters. The third kappa shape index (κ3) is 4.22. The van der Waals surface area contributed by atoms with Crippen LogP contribution in [0.25, 0.3) is 0 Å². The van der Waals surface area contributed by atoms with Crippen molar-refractivity contribution in [2.45, 2.75) is 43.9 Å². The van der Waals surface area contributed by atoms with E-state index in [4.69, 9.17) is 0 Å². The lowest BCUT2D eigenvalue weighted by Gasteiger charge is -2.31. The molecule has 1 saturated heterocycles. The van der Waals surface area contributed by atoms with E-state index in [-0.39, 0.29) is 22.1 Å². The molecule has 0 aromatic rings. The number of carboxylic acids is 1. The van der Waals surface area contributed by atoms with Gasteiger partial charge in [0.05, 0.1) is 5.37 Å². The molecule has 2 N–H and O–H groups in total. The Hall–Kier alpha value is -0.560. The van der Waals surface area contributed by atoms with Gasteiger partial charge in [0.25, 0.3) is 0 Å². The molecule has 0 radical (unpaired) electrons. The zero-order valence-electron chi connectivity index (χ0n) is 12.7. The maximum atomic E-state index is 12.4. The minimum Gasteiger partial charge on any atom is -0.480 e. The van der Waals surface area contributed by atoms with E-state index in [0.717, 1.165) is 0 Å². The predicted octanol–water partition coefficient (Wildman–Crippen LogP) is 2.32. The summed E-state index contributed by atoms with van der Waals surface area (Å²) in [6, 6.07) is -1.01. The molecular formula is C13H24N2O3S2. The molecule has 20 heavy (non-hydrogen) atoms. The third-order valence-corrected chi connectivity index (χ3v) is 6.21. The van der Waals surface area contributed by atoms with E-state index >= 15 is 0 Å². The molecule has 0 spiro atoms. The van der Waals surface area contributed by atoms with Gasteiger partial charge in [-0.2, -0.15) is 11.8 Å². The average Bonchev–Trinajstić information content (AvgIpc) is 2.81. The van der Waals surface area contributed by atoms with Crippen molar-refractivity contribution in [1.82, 2.24) is 10.2 Å². The van der Waals surface area contributed by atoms with E-state index in [0.29, 0.717) is 12.3 Å². The fourth-order valence-electron chi connectivity index (χ4n) is 1.94. The molecule has 1 heterocycles. The van der Waals surface area contributed by atoms with Crippen molar-refractivity contribution in [3.05, 3.63) is 0 Å². The zero-order valence-corrected chi connectivity index (χ0v) is 14.3. The van der Waals surface area contributed by atoms with Gasteiger partial charge in [0, 0.05) is 17.0 Å². The van der Waals surface area contributed by atoms with E-state index in [9.17, 15) is 14.7 Å². The van der Waals surface area contributed by atoms with Gasteiger partial charge in [-0.25, -0.2) is 9.59 Å². The Kier molecular flexibility index (Phi) is 6.06. The number of urea groups is 1. The summed E-state index contributed by atoms with van der Waals surface area (Å²) in [5.74, 6) is -0.249. The van der Waals surface area contributed by atoms with E-state index in [1.807, 2.05) is 34.0 Å². The minimum absolute atomic E-state index is 0.0609. The van der Waals surface area contributed by atoms with Gasteiger partial charge in [0.1, 0.15) is 6.04 Å². The van der Waals surface area contributed by atoms with Crippen molar-refractivity contribution >= 4 is 35.5 Å². The van der Waals surface area contributed by atoms with Crippen LogP contribution in [0, 0.1) is 5.92 Å². The number of nitrogens with one attached hydrogen (secondary N) is 1. The summed E-state index contributed by atoms with van der Waals surface area (Å²) in [5.41, 5.74) is 0. The highest BCUT2D eigenvalue weighted by molar-refractivity contribution is 8.00. The fraction of sp³-hybridized carbons (Fsp3) is 0.846. The molecule has 0 aromatic carbocycles. The van der Waals surface area contributed by atoms with Crippen LogP contribution < -0.4 is 5.32 Å². The smallest absolute Gasteiger partial charge is 0.327 e. The SMILES string of the molecule is CSC(C)(C)CNC(=O)N1C(C(=O)O)CSC1C(C)C. The maximum absolute atomic E-state index is 12.4. The maximum Gasteiger partial charge on any atom is 0.327 e. The lowest BCUT2D eigenvalue weighted by Crippen LogP contribution is -2.53. The number of carbonyl (C=O) groups excluding carboxylic acids is 1. The predicted molar refractivity (Wildman–Crippen MR) is 85.3 cm³/mol. The van der Waals surface area contributed by atoms with Crippen LogP contribution in [-0.2, 0) is 4.79 Å². The Morgan fingerprint density at radius 3 is 2.55 bits per heavy atom. The van der Waals surface area contributed by atoms with Gasteiger partial charge in [0.15, 0.2) is 0 Å². The van der Waals surface area contributed by atoms with Gasteiger partial charge in [-0.05, 0) is 26.0 Å². The lowest BCUT2D eigenvalue weighted by molar-refractivity contribution is -0.141. The van der Waals surface area contributed by atoms with Gasteiger partial charge >= 0.3 is 12.0 Å². The number of rotatable bonds is 5. The van der Waals surface area contributed by atoms with Crippen molar-refractivity contribution in [1.29, 1.82) is 0 Å². The van der Waals surface area contributed by atoms with Crippen LogP contribution >= 0.6 is 23.5 Å². The molecular weight excluding hydrogens is 296 g/mol. The van der Waals surface area contributed by atoms with Gasteiger partial charge in [-0.1, -0.05) is 13.8 Å². The number of carboxylic acid groups (broad SMARTS) is 1. The van der Waals surface area contributed by atoms with Crippen LogP contribution in [0.5, 0.6) is 0 Å². The zero-order chi connectivity index (χ0) is 15.5. The monoisotopic (exact) mass is 320 g/mol. The topological polar surface area (TPSA) is 69.6 Å². The molecule has 1 rings (SSSR count). The highest BCUT2D eigenvalue weighted by atomic mass is 32.2. The van der Waals surface area contributed by atoms with Gasteiger partial charge < -0.3 is 10.4 Å². The molecule has 1 fully saturated rings. The second-order valence-corrected chi connectivity index (χ2v) is 8.51. The second-order valence-electron chi connectivity index (χ2n) is 5.85. The first-order chi connectivity index (χ1) is 9.19. The molecule has 2 unspecified atom stereocenters. The summed E-state index contributed by atoms with van der Waals surface area (Å²) in [6.45, 7) is 8.63. The Bertz CT molecular complexity index is 375. The van der Waals surface area contributed by atoms with Gasteiger partial charge in [-0.15, -0.1) is 11.8 Å². The largest absolute Gasteiger partial charge is 0.480 e. The molecule has 0 bridgehead atoms. The Morgan fingerprint density at radius 2 is 2.10 bits per heavy atom.